The predicted molar refractivity (Wildman–Crippen MR) is 55.1 cm³/mol. The van der Waals surface area contributed by atoms with Crippen LogP contribution in [0.1, 0.15) is 25.5 Å². The standard InChI is InChI=1S/C11H15N3/c1-8(2)10(6-12)11(13)9-4-3-5-14-7-9/h3-5,7-8,10-11H,13H2,1-2H3. The van der Waals surface area contributed by atoms with Crippen LogP contribution in [0.25, 0.3) is 0 Å². The van der Waals surface area contributed by atoms with Gasteiger partial charge in [0.05, 0.1) is 12.0 Å². The van der Waals surface area contributed by atoms with Gasteiger partial charge in [0.2, 0.25) is 0 Å². The molecule has 0 saturated carbocycles. The van der Waals surface area contributed by atoms with Gasteiger partial charge in [-0.05, 0) is 17.5 Å². The molecular formula is C11H15N3. The summed E-state index contributed by atoms with van der Waals surface area (Å²) in [5.41, 5.74) is 6.91. The summed E-state index contributed by atoms with van der Waals surface area (Å²) in [7, 11) is 0. The zero-order valence-corrected chi connectivity index (χ0v) is 8.51. The van der Waals surface area contributed by atoms with Gasteiger partial charge in [-0.1, -0.05) is 19.9 Å². The minimum atomic E-state index is -0.242. The topological polar surface area (TPSA) is 62.7 Å². The van der Waals surface area contributed by atoms with Gasteiger partial charge in [-0.2, -0.15) is 5.26 Å². The number of nitriles is 1. The third-order valence-corrected chi connectivity index (χ3v) is 2.32. The zero-order valence-electron chi connectivity index (χ0n) is 8.51. The largest absolute Gasteiger partial charge is 0.323 e. The molecule has 0 amide bonds. The number of nitrogens with zero attached hydrogens (tertiary/aromatic N) is 2. The van der Waals surface area contributed by atoms with Crippen molar-refractivity contribution in [2.24, 2.45) is 17.6 Å². The Balaban J connectivity index is 2.85. The first-order valence-electron chi connectivity index (χ1n) is 4.72. The molecule has 74 valence electrons. The van der Waals surface area contributed by atoms with Crippen LogP contribution in [0.3, 0.4) is 0 Å². The highest BCUT2D eigenvalue weighted by atomic mass is 14.7. The van der Waals surface area contributed by atoms with Gasteiger partial charge in [0, 0.05) is 18.4 Å². The third-order valence-electron chi connectivity index (χ3n) is 2.32. The molecule has 0 saturated heterocycles. The van der Waals surface area contributed by atoms with E-state index in [0.717, 1.165) is 5.56 Å². The van der Waals surface area contributed by atoms with Crippen LogP contribution in [-0.4, -0.2) is 4.98 Å². The Kier molecular flexibility index (Phi) is 3.61. The van der Waals surface area contributed by atoms with Gasteiger partial charge in [0.25, 0.3) is 0 Å². The molecule has 1 rings (SSSR count). The number of hydrogen-bond acceptors (Lipinski definition) is 3. The second-order valence-electron chi connectivity index (χ2n) is 3.71. The van der Waals surface area contributed by atoms with E-state index >= 15 is 0 Å². The lowest BCUT2D eigenvalue weighted by Gasteiger charge is -2.20. The van der Waals surface area contributed by atoms with Gasteiger partial charge in [0.1, 0.15) is 0 Å². The summed E-state index contributed by atoms with van der Waals surface area (Å²) < 4.78 is 0. The van der Waals surface area contributed by atoms with Crippen LogP contribution in [0.2, 0.25) is 0 Å². The minimum absolute atomic E-state index is 0.154. The van der Waals surface area contributed by atoms with Gasteiger partial charge in [-0.3, -0.25) is 4.98 Å². The average molecular weight is 189 g/mol. The summed E-state index contributed by atoms with van der Waals surface area (Å²) in [5, 5.41) is 8.98. The van der Waals surface area contributed by atoms with Crippen molar-refractivity contribution >= 4 is 0 Å². The van der Waals surface area contributed by atoms with Gasteiger partial charge >= 0.3 is 0 Å². The molecule has 14 heavy (non-hydrogen) atoms. The normalized spacial score (nSPS) is 14.8. The molecule has 1 aromatic heterocycles. The first-order valence-corrected chi connectivity index (χ1v) is 4.72. The second-order valence-corrected chi connectivity index (χ2v) is 3.71. The Labute approximate surface area is 84.6 Å². The first kappa shape index (κ1) is 10.7. The lowest BCUT2D eigenvalue weighted by Crippen LogP contribution is -2.24. The van der Waals surface area contributed by atoms with Crippen LogP contribution < -0.4 is 5.73 Å². The van der Waals surface area contributed by atoms with Gasteiger partial charge in [-0.25, -0.2) is 0 Å². The zero-order chi connectivity index (χ0) is 10.6. The number of aromatic nitrogens is 1. The number of nitrogens with two attached hydrogens (primary N) is 1. The van der Waals surface area contributed by atoms with Crippen molar-refractivity contribution in [3.63, 3.8) is 0 Å². The molecule has 0 bridgehead atoms. The van der Waals surface area contributed by atoms with Crippen LogP contribution in [0, 0.1) is 23.2 Å². The summed E-state index contributed by atoms with van der Waals surface area (Å²) in [6.45, 7) is 4.01. The SMILES string of the molecule is CC(C)C(C#N)C(N)c1cccnc1. The molecule has 0 aliphatic rings. The summed E-state index contributed by atoms with van der Waals surface area (Å²) >= 11 is 0. The minimum Gasteiger partial charge on any atom is -0.323 e. The van der Waals surface area contributed by atoms with E-state index in [1.165, 1.54) is 0 Å². The molecule has 3 nitrogen and oxygen atoms in total. The smallest absolute Gasteiger partial charge is 0.0679 e. The van der Waals surface area contributed by atoms with Crippen molar-refractivity contribution in [1.29, 1.82) is 5.26 Å². The summed E-state index contributed by atoms with van der Waals surface area (Å²) in [4.78, 5) is 3.99. The number of hydrogen-bond donors (Lipinski definition) is 1. The molecule has 0 fully saturated rings. The Morgan fingerprint density at radius 2 is 2.21 bits per heavy atom. The maximum absolute atomic E-state index is 8.98. The van der Waals surface area contributed by atoms with E-state index in [1.54, 1.807) is 12.4 Å². The van der Waals surface area contributed by atoms with Gasteiger partial charge in [0.15, 0.2) is 0 Å². The second kappa shape index (κ2) is 4.73. The molecular weight excluding hydrogens is 174 g/mol. The van der Waals surface area contributed by atoms with Crippen molar-refractivity contribution in [3.05, 3.63) is 30.1 Å². The average Bonchev–Trinajstić information content (AvgIpc) is 2.19. The number of pyridine rings is 1. The van der Waals surface area contributed by atoms with E-state index in [2.05, 4.69) is 11.1 Å². The summed E-state index contributed by atoms with van der Waals surface area (Å²) in [6.07, 6.45) is 3.42. The van der Waals surface area contributed by atoms with Crippen LogP contribution in [0.15, 0.2) is 24.5 Å². The van der Waals surface area contributed by atoms with Crippen LogP contribution in [-0.2, 0) is 0 Å². The Hall–Kier alpha value is -1.40. The number of rotatable bonds is 3. The molecule has 2 unspecified atom stereocenters. The summed E-state index contributed by atoms with van der Waals surface area (Å²) in [5.74, 6) is 0.106. The molecule has 0 spiro atoms. The molecule has 0 aliphatic carbocycles. The van der Waals surface area contributed by atoms with Gasteiger partial charge in [-0.15, -0.1) is 0 Å². The molecule has 2 N–H and O–H groups in total. The Bertz CT molecular complexity index is 313. The molecule has 3 heteroatoms. The van der Waals surface area contributed by atoms with E-state index in [1.807, 2.05) is 26.0 Å². The Morgan fingerprint density at radius 3 is 2.64 bits per heavy atom. The van der Waals surface area contributed by atoms with Crippen molar-refractivity contribution in [1.82, 2.24) is 4.98 Å². The lowest BCUT2D eigenvalue weighted by atomic mass is 9.87. The van der Waals surface area contributed by atoms with Gasteiger partial charge < -0.3 is 5.73 Å². The highest BCUT2D eigenvalue weighted by Gasteiger charge is 2.22. The molecule has 2 atom stereocenters. The fourth-order valence-corrected chi connectivity index (χ4v) is 1.42. The molecule has 1 heterocycles. The van der Waals surface area contributed by atoms with Crippen molar-refractivity contribution in [2.45, 2.75) is 19.9 Å². The fraction of sp³-hybridized carbons (Fsp3) is 0.455. The van der Waals surface area contributed by atoms with Crippen LogP contribution in [0.5, 0.6) is 0 Å². The Morgan fingerprint density at radius 1 is 1.50 bits per heavy atom. The predicted octanol–water partition coefficient (Wildman–Crippen LogP) is 1.88. The highest BCUT2D eigenvalue weighted by molar-refractivity contribution is 5.16. The maximum Gasteiger partial charge on any atom is 0.0679 e. The lowest BCUT2D eigenvalue weighted by molar-refractivity contribution is 0.403. The van der Waals surface area contributed by atoms with Crippen molar-refractivity contribution in [2.75, 3.05) is 0 Å². The molecule has 0 aromatic carbocycles. The van der Waals surface area contributed by atoms with E-state index < -0.39 is 0 Å². The van der Waals surface area contributed by atoms with E-state index in [4.69, 9.17) is 11.0 Å². The van der Waals surface area contributed by atoms with E-state index in [9.17, 15) is 0 Å². The highest BCUT2D eigenvalue weighted by Crippen LogP contribution is 2.24. The molecule has 0 aliphatic heterocycles. The third kappa shape index (κ3) is 2.30. The van der Waals surface area contributed by atoms with Crippen LogP contribution in [0.4, 0.5) is 0 Å². The van der Waals surface area contributed by atoms with E-state index in [-0.39, 0.29) is 17.9 Å². The maximum atomic E-state index is 8.98. The summed E-state index contributed by atoms with van der Waals surface area (Å²) in [6, 6.07) is 5.75. The molecule has 1 aromatic rings. The first-order chi connectivity index (χ1) is 6.66. The van der Waals surface area contributed by atoms with E-state index in [0.29, 0.717) is 0 Å². The quantitative estimate of drug-likeness (QED) is 0.789. The molecule has 0 radical (unpaired) electrons. The van der Waals surface area contributed by atoms with Crippen molar-refractivity contribution in [3.8, 4) is 6.07 Å². The fourth-order valence-electron chi connectivity index (χ4n) is 1.42. The monoisotopic (exact) mass is 189 g/mol. The van der Waals surface area contributed by atoms with Crippen molar-refractivity contribution < 1.29 is 0 Å². The van der Waals surface area contributed by atoms with Crippen LogP contribution >= 0.6 is 0 Å².